The molecular weight excluding hydrogens is 340 g/mol. The van der Waals surface area contributed by atoms with Crippen LogP contribution in [0.15, 0.2) is 30.3 Å². The normalized spacial score (nSPS) is 23.2. The molecule has 27 heavy (non-hydrogen) atoms. The maximum absolute atomic E-state index is 12.8. The van der Waals surface area contributed by atoms with E-state index in [4.69, 9.17) is 0 Å². The van der Waals surface area contributed by atoms with Gasteiger partial charge in [0.25, 0.3) is 0 Å². The van der Waals surface area contributed by atoms with E-state index in [9.17, 15) is 9.59 Å². The largest absolute Gasteiger partial charge is 0.355 e. The minimum atomic E-state index is -0.162. The third-order valence-corrected chi connectivity index (χ3v) is 5.63. The van der Waals surface area contributed by atoms with Gasteiger partial charge in [-0.1, -0.05) is 30.3 Å². The number of piperidine rings is 1. The van der Waals surface area contributed by atoms with Crippen molar-refractivity contribution in [3.63, 3.8) is 0 Å². The summed E-state index contributed by atoms with van der Waals surface area (Å²) < 4.78 is 0. The molecule has 0 aromatic heterocycles. The summed E-state index contributed by atoms with van der Waals surface area (Å²) in [6, 6.07) is 10.1. The van der Waals surface area contributed by atoms with E-state index >= 15 is 0 Å². The molecule has 6 heteroatoms. The number of hydrogen-bond acceptors (Lipinski definition) is 3. The highest BCUT2D eigenvalue weighted by molar-refractivity contribution is 5.81. The Balaban J connectivity index is 1.61. The molecule has 3 amide bonds. The molecule has 0 spiro atoms. The number of hydrogen-bond donors (Lipinski definition) is 2. The molecule has 0 bridgehead atoms. The van der Waals surface area contributed by atoms with Gasteiger partial charge in [0, 0.05) is 38.6 Å². The van der Waals surface area contributed by atoms with Gasteiger partial charge in [-0.15, -0.1) is 0 Å². The topological polar surface area (TPSA) is 64.7 Å². The van der Waals surface area contributed by atoms with Gasteiger partial charge in [-0.25, -0.2) is 4.79 Å². The minimum Gasteiger partial charge on any atom is -0.355 e. The summed E-state index contributed by atoms with van der Waals surface area (Å²) in [7, 11) is 0. The van der Waals surface area contributed by atoms with Crippen LogP contribution >= 0.6 is 0 Å². The van der Waals surface area contributed by atoms with Gasteiger partial charge < -0.3 is 20.4 Å². The Morgan fingerprint density at radius 3 is 2.52 bits per heavy atom. The molecule has 0 saturated carbocycles. The minimum absolute atomic E-state index is 0.0733. The van der Waals surface area contributed by atoms with Crippen LogP contribution in [0, 0.1) is 5.92 Å². The predicted octanol–water partition coefficient (Wildman–Crippen LogP) is 2.03. The zero-order valence-electron chi connectivity index (χ0n) is 16.3. The lowest BCUT2D eigenvalue weighted by molar-refractivity contribution is -0.126. The van der Waals surface area contributed by atoms with Crippen LogP contribution in [0.25, 0.3) is 0 Å². The molecule has 1 aromatic rings. The molecule has 0 aliphatic carbocycles. The van der Waals surface area contributed by atoms with Crippen LogP contribution in [0.4, 0.5) is 4.79 Å². The lowest BCUT2D eigenvalue weighted by atomic mass is 9.84. The molecule has 2 N–H and O–H groups in total. The van der Waals surface area contributed by atoms with Crippen LogP contribution in [0.3, 0.4) is 0 Å². The highest BCUT2D eigenvalue weighted by atomic mass is 16.2. The second kappa shape index (κ2) is 9.74. The SMILES string of the molecule is CCNC(=O)N1CC(C(=O)NCCN2CCCC2)CC(c2ccccc2)C1. The molecule has 3 rings (SSSR count). The van der Waals surface area contributed by atoms with Crippen LogP contribution in [-0.2, 0) is 4.79 Å². The van der Waals surface area contributed by atoms with E-state index < -0.39 is 0 Å². The lowest BCUT2D eigenvalue weighted by Crippen LogP contribution is -2.51. The summed E-state index contributed by atoms with van der Waals surface area (Å²) in [5.41, 5.74) is 1.20. The Morgan fingerprint density at radius 2 is 1.81 bits per heavy atom. The molecule has 2 aliphatic rings. The molecule has 6 nitrogen and oxygen atoms in total. The molecule has 148 valence electrons. The summed E-state index contributed by atoms with van der Waals surface area (Å²) in [4.78, 5) is 29.4. The summed E-state index contributed by atoms with van der Waals surface area (Å²) >= 11 is 0. The summed E-state index contributed by atoms with van der Waals surface area (Å²) in [5.74, 6) is 0.103. The monoisotopic (exact) mass is 372 g/mol. The van der Waals surface area contributed by atoms with Gasteiger partial charge in [-0.2, -0.15) is 0 Å². The molecule has 0 radical (unpaired) electrons. The van der Waals surface area contributed by atoms with Crippen molar-refractivity contribution in [3.05, 3.63) is 35.9 Å². The number of benzene rings is 1. The van der Waals surface area contributed by atoms with Gasteiger partial charge in [0.05, 0.1) is 5.92 Å². The zero-order valence-corrected chi connectivity index (χ0v) is 16.3. The number of likely N-dealkylation sites (tertiary alicyclic amines) is 2. The average molecular weight is 373 g/mol. The Labute approximate surface area is 162 Å². The molecule has 1 aromatic carbocycles. The molecule has 2 saturated heterocycles. The van der Waals surface area contributed by atoms with Gasteiger partial charge in [0.1, 0.15) is 0 Å². The number of nitrogens with one attached hydrogen (secondary N) is 2. The van der Waals surface area contributed by atoms with E-state index in [1.807, 2.05) is 25.1 Å². The van der Waals surface area contributed by atoms with Crippen LogP contribution in [0.2, 0.25) is 0 Å². The number of carbonyl (C=O) groups excluding carboxylic acids is 2. The third kappa shape index (κ3) is 5.45. The fraction of sp³-hybridized carbons (Fsp3) is 0.619. The van der Waals surface area contributed by atoms with Crippen LogP contribution < -0.4 is 10.6 Å². The van der Waals surface area contributed by atoms with Crippen LogP contribution in [0.1, 0.15) is 37.7 Å². The average Bonchev–Trinajstić information content (AvgIpc) is 3.22. The number of carbonyl (C=O) groups is 2. The second-order valence-electron chi connectivity index (χ2n) is 7.62. The third-order valence-electron chi connectivity index (χ3n) is 5.63. The van der Waals surface area contributed by atoms with Crippen molar-refractivity contribution in [2.24, 2.45) is 5.92 Å². The first kappa shape index (κ1) is 19.7. The molecule has 2 aliphatic heterocycles. The van der Waals surface area contributed by atoms with Crippen molar-refractivity contribution in [1.29, 1.82) is 0 Å². The van der Waals surface area contributed by atoms with Crippen molar-refractivity contribution in [2.75, 3.05) is 45.8 Å². The number of amides is 3. The van der Waals surface area contributed by atoms with Gasteiger partial charge >= 0.3 is 6.03 Å². The van der Waals surface area contributed by atoms with Crippen LogP contribution in [0.5, 0.6) is 0 Å². The molecular formula is C21H32N4O2. The smallest absolute Gasteiger partial charge is 0.317 e. The summed E-state index contributed by atoms with van der Waals surface area (Å²) in [5, 5.41) is 5.98. The highest BCUT2D eigenvalue weighted by Gasteiger charge is 2.34. The van der Waals surface area contributed by atoms with E-state index in [2.05, 4.69) is 27.7 Å². The van der Waals surface area contributed by atoms with Gasteiger partial charge in [0.15, 0.2) is 0 Å². The standard InChI is InChI=1S/C21H32N4O2/c1-2-22-21(27)25-15-18(17-8-4-3-5-9-17)14-19(16-25)20(26)23-10-13-24-11-6-7-12-24/h3-5,8-9,18-19H,2,6-7,10-16H2,1H3,(H,22,27)(H,23,26). The van der Waals surface area contributed by atoms with Gasteiger partial charge in [-0.05, 0) is 44.8 Å². The van der Waals surface area contributed by atoms with Crippen molar-refractivity contribution in [1.82, 2.24) is 20.4 Å². The first-order valence-corrected chi connectivity index (χ1v) is 10.2. The first-order valence-electron chi connectivity index (χ1n) is 10.2. The molecule has 2 atom stereocenters. The van der Waals surface area contributed by atoms with E-state index in [0.29, 0.717) is 26.2 Å². The Hall–Kier alpha value is -2.08. The fourth-order valence-corrected chi connectivity index (χ4v) is 4.17. The number of rotatable bonds is 6. The Kier molecular flexibility index (Phi) is 7.10. The van der Waals surface area contributed by atoms with Crippen molar-refractivity contribution in [3.8, 4) is 0 Å². The maximum atomic E-state index is 12.8. The van der Waals surface area contributed by atoms with Crippen molar-refractivity contribution >= 4 is 11.9 Å². The van der Waals surface area contributed by atoms with Crippen molar-refractivity contribution < 1.29 is 9.59 Å². The Bertz CT molecular complexity index is 616. The maximum Gasteiger partial charge on any atom is 0.317 e. The molecule has 2 fully saturated rings. The number of nitrogens with zero attached hydrogens (tertiary/aromatic N) is 2. The van der Waals surface area contributed by atoms with Gasteiger partial charge in [-0.3, -0.25) is 4.79 Å². The second-order valence-corrected chi connectivity index (χ2v) is 7.62. The zero-order chi connectivity index (χ0) is 19.1. The van der Waals surface area contributed by atoms with E-state index in [0.717, 1.165) is 26.1 Å². The van der Waals surface area contributed by atoms with Crippen molar-refractivity contribution in [2.45, 2.75) is 32.1 Å². The predicted molar refractivity (Wildman–Crippen MR) is 107 cm³/mol. The molecule has 2 unspecified atom stereocenters. The van der Waals surface area contributed by atoms with E-state index in [-0.39, 0.29) is 23.8 Å². The number of urea groups is 1. The summed E-state index contributed by atoms with van der Waals surface area (Å²) in [6.45, 7) is 7.54. The van der Waals surface area contributed by atoms with Gasteiger partial charge in [0.2, 0.25) is 5.91 Å². The van der Waals surface area contributed by atoms with E-state index in [1.54, 1.807) is 4.90 Å². The van der Waals surface area contributed by atoms with E-state index in [1.165, 1.54) is 18.4 Å². The fourth-order valence-electron chi connectivity index (χ4n) is 4.17. The highest BCUT2D eigenvalue weighted by Crippen LogP contribution is 2.30. The summed E-state index contributed by atoms with van der Waals surface area (Å²) in [6.07, 6.45) is 3.31. The quantitative estimate of drug-likeness (QED) is 0.803. The van der Waals surface area contributed by atoms with Crippen LogP contribution in [-0.4, -0.2) is 67.6 Å². The lowest BCUT2D eigenvalue weighted by Gasteiger charge is -2.37. The first-order chi connectivity index (χ1) is 13.2. The molecule has 2 heterocycles. The Morgan fingerprint density at radius 1 is 1.07 bits per heavy atom.